The van der Waals surface area contributed by atoms with Crippen LogP contribution in [0, 0.1) is 5.82 Å². The van der Waals surface area contributed by atoms with E-state index in [-0.39, 0.29) is 41.3 Å². The molecule has 0 spiro atoms. The number of halogens is 1. The molecule has 0 fully saturated rings. The second-order valence-electron chi connectivity index (χ2n) is 10.4. The van der Waals surface area contributed by atoms with Crippen LogP contribution in [0.25, 0.3) is 0 Å². The Kier molecular flexibility index (Phi) is 12.7. The SMILES string of the molecule is CCCN(CCC)C(=O)c1cc(C(N)=O)cc(C(=O)N[C@@H](Cc2ccc(OC)c(F)c2)[C@H](O)CNCc2ccccc2)c1. The van der Waals surface area contributed by atoms with Crippen LogP contribution < -0.4 is 21.1 Å². The van der Waals surface area contributed by atoms with Crippen molar-refractivity contribution in [1.82, 2.24) is 15.5 Å². The van der Waals surface area contributed by atoms with Crippen LogP contribution in [0.3, 0.4) is 0 Å². The fourth-order valence-electron chi connectivity index (χ4n) is 4.79. The fourth-order valence-corrected chi connectivity index (χ4v) is 4.79. The van der Waals surface area contributed by atoms with Gasteiger partial charge in [0.25, 0.3) is 11.8 Å². The van der Waals surface area contributed by atoms with Crippen molar-refractivity contribution < 1.29 is 28.6 Å². The van der Waals surface area contributed by atoms with Gasteiger partial charge >= 0.3 is 0 Å². The number of aliphatic hydroxyl groups is 1. The van der Waals surface area contributed by atoms with Gasteiger partial charge in [0.1, 0.15) is 0 Å². The molecule has 3 amide bonds. The van der Waals surface area contributed by atoms with E-state index in [1.54, 1.807) is 11.0 Å². The van der Waals surface area contributed by atoms with Crippen LogP contribution in [0.2, 0.25) is 0 Å². The number of rotatable bonds is 16. The molecular formula is C33H41FN4O5. The van der Waals surface area contributed by atoms with Crippen LogP contribution >= 0.6 is 0 Å². The summed E-state index contributed by atoms with van der Waals surface area (Å²) in [4.78, 5) is 40.7. The molecule has 0 heterocycles. The normalized spacial score (nSPS) is 12.3. The van der Waals surface area contributed by atoms with Gasteiger partial charge in [0, 0.05) is 42.9 Å². The second-order valence-corrected chi connectivity index (χ2v) is 10.4. The molecule has 0 bridgehead atoms. The number of benzene rings is 3. The molecule has 2 atom stereocenters. The zero-order valence-electron chi connectivity index (χ0n) is 24.9. The van der Waals surface area contributed by atoms with Crippen molar-refractivity contribution in [3.8, 4) is 5.75 Å². The predicted molar refractivity (Wildman–Crippen MR) is 164 cm³/mol. The molecule has 0 aliphatic rings. The Morgan fingerprint density at radius 3 is 2.19 bits per heavy atom. The summed E-state index contributed by atoms with van der Waals surface area (Å²) in [5.74, 6) is -2.19. The van der Waals surface area contributed by atoms with Crippen molar-refractivity contribution in [2.24, 2.45) is 5.73 Å². The summed E-state index contributed by atoms with van der Waals surface area (Å²) in [5, 5.41) is 17.2. The van der Waals surface area contributed by atoms with Crippen LogP contribution in [0.1, 0.15) is 68.9 Å². The molecule has 3 aromatic carbocycles. The summed E-state index contributed by atoms with van der Waals surface area (Å²) in [6, 6.07) is 17.4. The van der Waals surface area contributed by atoms with E-state index in [2.05, 4.69) is 10.6 Å². The van der Waals surface area contributed by atoms with Crippen molar-refractivity contribution in [2.45, 2.75) is 51.8 Å². The lowest BCUT2D eigenvalue weighted by molar-refractivity contribution is 0.0755. The molecule has 0 radical (unpaired) electrons. The lowest BCUT2D eigenvalue weighted by atomic mass is 9.99. The molecule has 43 heavy (non-hydrogen) atoms. The smallest absolute Gasteiger partial charge is 0.253 e. The molecule has 5 N–H and O–H groups in total. The fraction of sp³-hybridized carbons (Fsp3) is 0.364. The summed E-state index contributed by atoms with van der Waals surface area (Å²) >= 11 is 0. The average Bonchev–Trinajstić information content (AvgIpc) is 3.00. The van der Waals surface area contributed by atoms with Gasteiger partial charge in [0.05, 0.1) is 19.3 Å². The number of nitrogens with two attached hydrogens (primary N) is 1. The number of aliphatic hydroxyl groups excluding tert-OH is 1. The van der Waals surface area contributed by atoms with Crippen LogP contribution in [0.5, 0.6) is 5.75 Å². The average molecular weight is 593 g/mol. The Labute approximate surface area is 252 Å². The van der Waals surface area contributed by atoms with Gasteiger partial charge in [0.15, 0.2) is 11.6 Å². The predicted octanol–water partition coefficient (Wildman–Crippen LogP) is 3.69. The van der Waals surface area contributed by atoms with Gasteiger partial charge in [-0.1, -0.05) is 50.2 Å². The molecule has 9 nitrogen and oxygen atoms in total. The van der Waals surface area contributed by atoms with Gasteiger partial charge < -0.3 is 31.1 Å². The van der Waals surface area contributed by atoms with Crippen LogP contribution in [-0.2, 0) is 13.0 Å². The van der Waals surface area contributed by atoms with E-state index >= 15 is 0 Å². The number of nitrogens with one attached hydrogen (secondary N) is 2. The minimum Gasteiger partial charge on any atom is -0.494 e. The van der Waals surface area contributed by atoms with Crippen molar-refractivity contribution in [2.75, 3.05) is 26.7 Å². The third kappa shape index (κ3) is 9.62. The largest absolute Gasteiger partial charge is 0.494 e. The summed E-state index contributed by atoms with van der Waals surface area (Å²) < 4.78 is 19.5. The number of nitrogens with zero attached hydrogens (tertiary/aromatic N) is 1. The zero-order valence-corrected chi connectivity index (χ0v) is 24.9. The molecule has 0 saturated carbocycles. The quantitative estimate of drug-likeness (QED) is 0.201. The first kappa shape index (κ1) is 33.2. The number of carbonyl (C=O) groups excluding carboxylic acids is 3. The highest BCUT2D eigenvalue weighted by Crippen LogP contribution is 2.20. The minimum absolute atomic E-state index is 0.0165. The number of primary amides is 1. The number of hydrogen-bond acceptors (Lipinski definition) is 6. The number of carbonyl (C=O) groups is 3. The molecule has 0 saturated heterocycles. The van der Waals surface area contributed by atoms with E-state index < -0.39 is 29.8 Å². The number of hydrogen-bond donors (Lipinski definition) is 4. The molecule has 0 unspecified atom stereocenters. The van der Waals surface area contributed by atoms with Gasteiger partial charge in [0.2, 0.25) is 5.91 Å². The zero-order chi connectivity index (χ0) is 31.4. The van der Waals surface area contributed by atoms with Crippen LogP contribution in [0.4, 0.5) is 4.39 Å². The first-order valence-corrected chi connectivity index (χ1v) is 14.5. The van der Waals surface area contributed by atoms with Crippen molar-refractivity contribution >= 4 is 17.7 Å². The Morgan fingerprint density at radius 2 is 1.58 bits per heavy atom. The van der Waals surface area contributed by atoms with Crippen molar-refractivity contribution in [1.29, 1.82) is 0 Å². The summed E-state index contributed by atoms with van der Waals surface area (Å²) in [6.45, 7) is 5.60. The highest BCUT2D eigenvalue weighted by Gasteiger charge is 2.25. The summed E-state index contributed by atoms with van der Waals surface area (Å²) in [7, 11) is 1.37. The standard InChI is InChI=1S/C33H41FN4O5/c1-4-13-38(14-5-2)33(42)26-18-24(31(35)40)17-25(19-26)32(41)37-28(16-23-11-12-30(43-3)27(34)15-23)29(39)21-36-20-22-9-7-6-8-10-22/h6-12,15,17-19,28-29,36,39H,4-5,13-14,16,20-21H2,1-3H3,(H2,35,40)(H,37,41)/t28-,29+/m0/s1. The van der Waals surface area contributed by atoms with E-state index in [4.69, 9.17) is 10.5 Å². The third-order valence-corrected chi connectivity index (χ3v) is 6.98. The molecular weight excluding hydrogens is 551 g/mol. The topological polar surface area (TPSA) is 134 Å². The third-order valence-electron chi connectivity index (χ3n) is 6.98. The molecule has 0 aliphatic carbocycles. The minimum atomic E-state index is -1.07. The number of ether oxygens (including phenoxy) is 1. The maximum absolute atomic E-state index is 14.5. The maximum Gasteiger partial charge on any atom is 0.253 e. The van der Waals surface area contributed by atoms with E-state index in [1.165, 1.54) is 37.4 Å². The molecule has 0 aromatic heterocycles. The Balaban J connectivity index is 1.88. The van der Waals surface area contributed by atoms with Crippen molar-refractivity contribution in [3.05, 3.63) is 100 Å². The second kappa shape index (κ2) is 16.4. The lowest BCUT2D eigenvalue weighted by Gasteiger charge is -2.25. The Morgan fingerprint density at radius 1 is 0.930 bits per heavy atom. The van der Waals surface area contributed by atoms with Gasteiger partial charge in [-0.05, 0) is 60.7 Å². The van der Waals surface area contributed by atoms with E-state index in [0.29, 0.717) is 25.2 Å². The summed E-state index contributed by atoms with van der Waals surface area (Å²) in [5.41, 5.74) is 7.33. The van der Waals surface area contributed by atoms with Gasteiger partial charge in [-0.15, -0.1) is 0 Å². The Bertz CT molecular complexity index is 1380. The first-order valence-electron chi connectivity index (χ1n) is 14.5. The molecule has 10 heteroatoms. The van der Waals surface area contributed by atoms with E-state index in [9.17, 15) is 23.9 Å². The number of methoxy groups -OCH3 is 1. The van der Waals surface area contributed by atoms with E-state index in [1.807, 2.05) is 44.2 Å². The van der Waals surface area contributed by atoms with Crippen LogP contribution in [0.15, 0.2) is 66.7 Å². The monoisotopic (exact) mass is 592 g/mol. The first-order chi connectivity index (χ1) is 20.7. The van der Waals surface area contributed by atoms with Gasteiger partial charge in [-0.3, -0.25) is 14.4 Å². The van der Waals surface area contributed by atoms with Crippen LogP contribution in [-0.4, -0.2) is 66.6 Å². The van der Waals surface area contributed by atoms with Crippen molar-refractivity contribution in [3.63, 3.8) is 0 Å². The maximum atomic E-state index is 14.5. The molecule has 3 aromatic rings. The highest BCUT2D eigenvalue weighted by atomic mass is 19.1. The highest BCUT2D eigenvalue weighted by molar-refractivity contribution is 6.04. The van der Waals surface area contributed by atoms with Gasteiger partial charge in [-0.2, -0.15) is 0 Å². The van der Waals surface area contributed by atoms with E-state index in [0.717, 1.165) is 18.4 Å². The molecule has 230 valence electrons. The number of amides is 3. The Hall–Kier alpha value is -4.28. The lowest BCUT2D eigenvalue weighted by Crippen LogP contribution is -2.48. The molecule has 0 aliphatic heterocycles. The van der Waals surface area contributed by atoms with Gasteiger partial charge in [-0.25, -0.2) is 4.39 Å². The summed E-state index contributed by atoms with van der Waals surface area (Å²) in [6.07, 6.45) is 0.530. The molecule has 3 rings (SSSR count).